The van der Waals surface area contributed by atoms with Gasteiger partial charge in [-0.1, -0.05) is 24.3 Å². The molecule has 3 aromatic rings. The molecule has 0 unspecified atom stereocenters. The van der Waals surface area contributed by atoms with Gasteiger partial charge in [-0.15, -0.1) is 0 Å². The predicted molar refractivity (Wildman–Crippen MR) is 108 cm³/mol. The average molecular weight is 396 g/mol. The molecule has 0 saturated carbocycles. The van der Waals surface area contributed by atoms with E-state index in [4.69, 9.17) is 0 Å². The van der Waals surface area contributed by atoms with Crippen molar-refractivity contribution in [3.8, 4) is 0 Å². The molecular formula is C22H22F2N4O. The minimum atomic E-state index is -0.292. The molecule has 0 aliphatic carbocycles. The molecule has 1 amide bonds. The average Bonchev–Trinajstić information content (AvgIpc) is 2.70. The van der Waals surface area contributed by atoms with Crippen molar-refractivity contribution in [2.45, 2.75) is 19.8 Å². The topological polar surface area (TPSA) is 66.9 Å². The number of anilines is 1. The van der Waals surface area contributed by atoms with E-state index in [2.05, 4.69) is 20.6 Å². The summed E-state index contributed by atoms with van der Waals surface area (Å²) in [5.74, 6) is -0.470. The van der Waals surface area contributed by atoms with Crippen LogP contribution in [0.5, 0.6) is 0 Å². The molecule has 1 heterocycles. The summed E-state index contributed by atoms with van der Waals surface area (Å²) in [6.45, 7) is 2.77. The van der Waals surface area contributed by atoms with E-state index >= 15 is 0 Å². The van der Waals surface area contributed by atoms with Crippen LogP contribution in [0.3, 0.4) is 0 Å². The Kier molecular flexibility index (Phi) is 6.84. The molecule has 0 saturated heterocycles. The first-order valence-corrected chi connectivity index (χ1v) is 9.36. The third-order valence-electron chi connectivity index (χ3n) is 4.31. The molecule has 0 aliphatic rings. The fourth-order valence-electron chi connectivity index (χ4n) is 2.80. The summed E-state index contributed by atoms with van der Waals surface area (Å²) in [4.78, 5) is 21.0. The zero-order chi connectivity index (χ0) is 20.6. The van der Waals surface area contributed by atoms with Crippen LogP contribution in [0, 0.1) is 18.6 Å². The minimum Gasteiger partial charge on any atom is -0.354 e. The van der Waals surface area contributed by atoms with Crippen LogP contribution >= 0.6 is 0 Å². The van der Waals surface area contributed by atoms with E-state index in [0.717, 1.165) is 11.1 Å². The molecule has 2 N–H and O–H groups in total. The van der Waals surface area contributed by atoms with E-state index in [9.17, 15) is 13.6 Å². The van der Waals surface area contributed by atoms with Gasteiger partial charge in [-0.2, -0.15) is 0 Å². The van der Waals surface area contributed by atoms with Crippen LogP contribution in [0.25, 0.3) is 0 Å². The fourth-order valence-corrected chi connectivity index (χ4v) is 2.80. The maximum atomic E-state index is 13.0. The van der Waals surface area contributed by atoms with Crippen molar-refractivity contribution in [1.82, 2.24) is 15.3 Å². The van der Waals surface area contributed by atoms with Crippen LogP contribution in [0.15, 0.2) is 54.6 Å². The van der Waals surface area contributed by atoms with E-state index in [1.54, 1.807) is 37.3 Å². The van der Waals surface area contributed by atoms with E-state index < -0.39 is 0 Å². The van der Waals surface area contributed by atoms with Gasteiger partial charge in [0.05, 0.1) is 0 Å². The lowest BCUT2D eigenvalue weighted by molar-refractivity contribution is 0.0949. The Labute approximate surface area is 168 Å². The van der Waals surface area contributed by atoms with E-state index in [1.807, 2.05) is 0 Å². The third-order valence-corrected chi connectivity index (χ3v) is 4.31. The summed E-state index contributed by atoms with van der Waals surface area (Å²) >= 11 is 0. The Balaban J connectivity index is 1.52. The van der Waals surface area contributed by atoms with Gasteiger partial charge in [0.1, 0.15) is 17.3 Å². The summed E-state index contributed by atoms with van der Waals surface area (Å²) in [5.41, 5.74) is 2.88. The first kappa shape index (κ1) is 20.4. The highest BCUT2D eigenvalue weighted by Crippen LogP contribution is 2.08. The zero-order valence-electron chi connectivity index (χ0n) is 16.1. The van der Waals surface area contributed by atoms with Gasteiger partial charge in [-0.3, -0.25) is 4.79 Å². The smallest absolute Gasteiger partial charge is 0.270 e. The molecule has 0 radical (unpaired) electrons. The first-order chi connectivity index (χ1) is 14.0. The SMILES string of the molecule is Cc1cc(C(=O)NCCc2ccc(F)cc2)nc(NCCc2ccc(F)cc2)n1. The van der Waals surface area contributed by atoms with Gasteiger partial charge in [0.15, 0.2) is 0 Å². The molecule has 0 atom stereocenters. The highest BCUT2D eigenvalue weighted by Gasteiger charge is 2.10. The van der Waals surface area contributed by atoms with Crippen molar-refractivity contribution in [2.24, 2.45) is 0 Å². The van der Waals surface area contributed by atoms with Crippen LogP contribution in [-0.4, -0.2) is 29.0 Å². The van der Waals surface area contributed by atoms with E-state index in [0.29, 0.717) is 37.6 Å². The number of halogens is 2. The molecule has 0 fully saturated rings. The van der Waals surface area contributed by atoms with Gasteiger partial charge in [0.2, 0.25) is 5.95 Å². The third kappa shape index (κ3) is 6.34. The van der Waals surface area contributed by atoms with Crippen molar-refractivity contribution in [2.75, 3.05) is 18.4 Å². The van der Waals surface area contributed by atoms with Crippen LogP contribution in [-0.2, 0) is 12.8 Å². The first-order valence-electron chi connectivity index (χ1n) is 9.36. The number of hydrogen-bond acceptors (Lipinski definition) is 4. The second-order valence-electron chi connectivity index (χ2n) is 6.65. The van der Waals surface area contributed by atoms with Crippen LogP contribution < -0.4 is 10.6 Å². The Morgan fingerprint density at radius 1 is 0.862 bits per heavy atom. The Hall–Kier alpha value is -3.35. The normalized spacial score (nSPS) is 10.6. The maximum Gasteiger partial charge on any atom is 0.270 e. The van der Waals surface area contributed by atoms with Gasteiger partial charge in [0, 0.05) is 18.8 Å². The number of nitrogens with zero attached hydrogens (tertiary/aromatic N) is 2. The molecular weight excluding hydrogens is 374 g/mol. The summed E-state index contributed by atoms with van der Waals surface area (Å²) in [7, 11) is 0. The molecule has 3 rings (SSSR count). The lowest BCUT2D eigenvalue weighted by atomic mass is 10.1. The fraction of sp³-hybridized carbons (Fsp3) is 0.227. The maximum absolute atomic E-state index is 13.0. The molecule has 5 nitrogen and oxygen atoms in total. The number of amides is 1. The van der Waals surface area contributed by atoms with Crippen LogP contribution in [0.2, 0.25) is 0 Å². The van der Waals surface area contributed by atoms with Gasteiger partial charge in [-0.25, -0.2) is 18.7 Å². The molecule has 29 heavy (non-hydrogen) atoms. The Bertz CT molecular complexity index is 960. The minimum absolute atomic E-state index is 0.265. The molecule has 0 spiro atoms. The van der Waals surface area contributed by atoms with Gasteiger partial charge in [-0.05, 0) is 61.2 Å². The number of rotatable bonds is 8. The Morgan fingerprint density at radius 3 is 2.00 bits per heavy atom. The molecule has 0 aliphatic heterocycles. The molecule has 150 valence electrons. The van der Waals surface area contributed by atoms with Gasteiger partial charge >= 0.3 is 0 Å². The lowest BCUT2D eigenvalue weighted by Gasteiger charge is -2.09. The van der Waals surface area contributed by atoms with Crippen molar-refractivity contribution in [3.05, 3.63) is 88.7 Å². The number of aryl methyl sites for hydroxylation is 1. The van der Waals surface area contributed by atoms with Gasteiger partial charge < -0.3 is 10.6 Å². The molecule has 2 aromatic carbocycles. The summed E-state index contributed by atoms with van der Waals surface area (Å²) in [6.07, 6.45) is 1.27. The number of carbonyl (C=O) groups excluding carboxylic acids is 1. The predicted octanol–water partition coefficient (Wildman–Crippen LogP) is 3.69. The van der Waals surface area contributed by atoms with Crippen molar-refractivity contribution >= 4 is 11.9 Å². The second-order valence-corrected chi connectivity index (χ2v) is 6.65. The largest absolute Gasteiger partial charge is 0.354 e. The quantitative estimate of drug-likeness (QED) is 0.609. The van der Waals surface area contributed by atoms with E-state index in [1.165, 1.54) is 24.3 Å². The number of nitrogens with one attached hydrogen (secondary N) is 2. The second kappa shape index (κ2) is 9.73. The molecule has 1 aromatic heterocycles. The number of aromatic nitrogens is 2. The summed E-state index contributed by atoms with van der Waals surface area (Å²) < 4.78 is 25.9. The van der Waals surface area contributed by atoms with E-state index in [-0.39, 0.29) is 23.2 Å². The number of benzene rings is 2. The van der Waals surface area contributed by atoms with Crippen LogP contribution in [0.4, 0.5) is 14.7 Å². The van der Waals surface area contributed by atoms with Crippen molar-refractivity contribution in [1.29, 1.82) is 0 Å². The van der Waals surface area contributed by atoms with Crippen molar-refractivity contribution in [3.63, 3.8) is 0 Å². The molecule has 7 heteroatoms. The van der Waals surface area contributed by atoms with Gasteiger partial charge in [0.25, 0.3) is 5.91 Å². The summed E-state index contributed by atoms with van der Waals surface area (Å²) in [5, 5.41) is 5.92. The highest BCUT2D eigenvalue weighted by molar-refractivity contribution is 5.92. The Morgan fingerprint density at radius 2 is 1.41 bits per heavy atom. The monoisotopic (exact) mass is 396 g/mol. The zero-order valence-corrected chi connectivity index (χ0v) is 16.1. The van der Waals surface area contributed by atoms with Crippen LogP contribution in [0.1, 0.15) is 27.3 Å². The van der Waals surface area contributed by atoms with Crippen molar-refractivity contribution < 1.29 is 13.6 Å². The standard InChI is InChI=1S/C22H22F2N4O/c1-15-14-20(21(29)25-12-10-16-2-6-18(23)7-3-16)28-22(27-15)26-13-11-17-4-8-19(24)9-5-17/h2-9,14H,10-13H2,1H3,(H,25,29)(H,26,27,28). The highest BCUT2D eigenvalue weighted by atomic mass is 19.1. The summed E-state index contributed by atoms with van der Waals surface area (Å²) in [6, 6.07) is 14.1. The number of carbonyl (C=O) groups is 1. The lowest BCUT2D eigenvalue weighted by Crippen LogP contribution is -2.27. The number of hydrogen-bond donors (Lipinski definition) is 2. The molecule has 0 bridgehead atoms.